The van der Waals surface area contributed by atoms with Gasteiger partial charge in [0.2, 0.25) is 0 Å². The van der Waals surface area contributed by atoms with E-state index >= 15 is 0 Å². The first-order valence-corrected chi connectivity index (χ1v) is 9.49. The second kappa shape index (κ2) is 7.84. The summed E-state index contributed by atoms with van der Waals surface area (Å²) in [5.74, 6) is 0. The lowest BCUT2D eigenvalue weighted by atomic mass is 9.99. The first-order valence-electron chi connectivity index (χ1n) is 9.11. The Morgan fingerprint density at radius 3 is 2.64 bits per heavy atom. The summed E-state index contributed by atoms with van der Waals surface area (Å²) in [6.45, 7) is 6.01. The van der Waals surface area contributed by atoms with E-state index in [2.05, 4.69) is 66.2 Å². The predicted molar refractivity (Wildman–Crippen MR) is 121 cm³/mol. The molecule has 0 aliphatic rings. The van der Waals surface area contributed by atoms with Gasteiger partial charge in [0.05, 0.1) is 11.2 Å². The van der Waals surface area contributed by atoms with Crippen molar-refractivity contribution in [2.75, 3.05) is 0 Å². The SMILES string of the molecule is C=C(C)c1[c]ccc(-c2cccc(C=Cc3ccc4ccc(Cl)cc4n3)c2)c1. The van der Waals surface area contributed by atoms with Crippen LogP contribution < -0.4 is 0 Å². The Hall–Kier alpha value is -3.16. The summed E-state index contributed by atoms with van der Waals surface area (Å²) in [7, 11) is 0. The number of rotatable bonds is 4. The average Bonchev–Trinajstić information content (AvgIpc) is 2.72. The van der Waals surface area contributed by atoms with Crippen molar-refractivity contribution in [3.63, 3.8) is 0 Å². The summed E-state index contributed by atoms with van der Waals surface area (Å²) in [5.41, 5.74) is 7.30. The third-order valence-electron chi connectivity index (χ3n) is 4.60. The van der Waals surface area contributed by atoms with Crippen LogP contribution in [0, 0.1) is 6.07 Å². The minimum Gasteiger partial charge on any atom is -0.248 e. The highest BCUT2D eigenvalue weighted by molar-refractivity contribution is 6.31. The zero-order chi connectivity index (χ0) is 19.5. The highest BCUT2D eigenvalue weighted by atomic mass is 35.5. The summed E-state index contributed by atoms with van der Waals surface area (Å²) >= 11 is 6.08. The molecule has 0 saturated heterocycles. The molecule has 0 spiro atoms. The van der Waals surface area contributed by atoms with Gasteiger partial charge in [-0.25, -0.2) is 4.98 Å². The maximum Gasteiger partial charge on any atom is 0.0724 e. The van der Waals surface area contributed by atoms with Crippen molar-refractivity contribution in [3.8, 4) is 11.1 Å². The quantitative estimate of drug-likeness (QED) is 0.356. The molecule has 135 valence electrons. The molecule has 0 unspecified atom stereocenters. The van der Waals surface area contributed by atoms with Gasteiger partial charge < -0.3 is 0 Å². The molecule has 1 radical (unpaired) electrons. The molecule has 0 fully saturated rings. The van der Waals surface area contributed by atoms with Crippen LogP contribution in [0.3, 0.4) is 0 Å². The number of hydrogen-bond acceptors (Lipinski definition) is 1. The minimum atomic E-state index is 0.697. The molecule has 3 aromatic carbocycles. The van der Waals surface area contributed by atoms with Crippen molar-refractivity contribution in [3.05, 3.63) is 107 Å². The molecule has 0 N–H and O–H groups in total. The predicted octanol–water partition coefficient (Wildman–Crippen LogP) is 7.56. The third kappa shape index (κ3) is 4.05. The van der Waals surface area contributed by atoms with Crippen molar-refractivity contribution >= 4 is 40.2 Å². The van der Waals surface area contributed by atoms with Crippen LogP contribution in [-0.2, 0) is 0 Å². The van der Waals surface area contributed by atoms with Crippen molar-refractivity contribution in [1.82, 2.24) is 4.98 Å². The molecular formula is C26H19ClN. The Labute approximate surface area is 170 Å². The van der Waals surface area contributed by atoms with E-state index in [-0.39, 0.29) is 0 Å². The Balaban J connectivity index is 1.63. The Morgan fingerprint density at radius 1 is 0.964 bits per heavy atom. The zero-order valence-corrected chi connectivity index (χ0v) is 16.4. The van der Waals surface area contributed by atoms with E-state index in [0.29, 0.717) is 5.02 Å². The van der Waals surface area contributed by atoms with Gasteiger partial charge in [0.25, 0.3) is 0 Å². The number of hydrogen-bond donors (Lipinski definition) is 0. The van der Waals surface area contributed by atoms with E-state index in [0.717, 1.165) is 44.4 Å². The standard InChI is InChI=1S/C26H19ClN/c1-18(2)21-6-4-8-23(16-21)22-7-3-5-19(15-22)9-13-25-14-11-20-10-12-24(27)17-26(20)28-25/h3-5,7-17H,1H2,2H3. The Bertz CT molecular complexity index is 1200. The van der Waals surface area contributed by atoms with Crippen LogP contribution in [0.25, 0.3) is 39.8 Å². The molecule has 28 heavy (non-hydrogen) atoms. The van der Waals surface area contributed by atoms with Crippen molar-refractivity contribution in [2.24, 2.45) is 0 Å². The first kappa shape index (κ1) is 18.2. The fraction of sp³-hybridized carbons (Fsp3) is 0.0385. The van der Waals surface area contributed by atoms with E-state index < -0.39 is 0 Å². The molecule has 4 rings (SSSR count). The summed E-state index contributed by atoms with van der Waals surface area (Å²) in [6, 6.07) is 27.7. The maximum absolute atomic E-state index is 6.08. The van der Waals surface area contributed by atoms with Gasteiger partial charge in [-0.15, -0.1) is 0 Å². The van der Waals surface area contributed by atoms with Gasteiger partial charge in [-0.3, -0.25) is 0 Å². The normalized spacial score (nSPS) is 11.2. The van der Waals surface area contributed by atoms with Gasteiger partial charge in [0, 0.05) is 10.4 Å². The van der Waals surface area contributed by atoms with E-state index in [4.69, 9.17) is 11.6 Å². The van der Waals surface area contributed by atoms with Crippen LogP contribution in [0.15, 0.2) is 79.4 Å². The van der Waals surface area contributed by atoms with E-state index in [1.807, 2.05) is 43.3 Å². The van der Waals surface area contributed by atoms with Crippen LogP contribution in [-0.4, -0.2) is 4.98 Å². The molecule has 4 aromatic rings. The lowest BCUT2D eigenvalue weighted by molar-refractivity contribution is 1.37. The van der Waals surface area contributed by atoms with E-state index in [9.17, 15) is 0 Å². The molecule has 0 bridgehead atoms. The van der Waals surface area contributed by atoms with Crippen molar-refractivity contribution in [2.45, 2.75) is 6.92 Å². The molecule has 0 amide bonds. The molecular weight excluding hydrogens is 362 g/mol. The van der Waals surface area contributed by atoms with Gasteiger partial charge in [0.1, 0.15) is 0 Å². The van der Waals surface area contributed by atoms with Gasteiger partial charge in [-0.2, -0.15) is 0 Å². The molecule has 0 atom stereocenters. The van der Waals surface area contributed by atoms with Crippen LogP contribution in [0.4, 0.5) is 0 Å². The summed E-state index contributed by atoms with van der Waals surface area (Å²) < 4.78 is 0. The lowest BCUT2D eigenvalue weighted by Gasteiger charge is -2.06. The number of halogens is 1. The Morgan fingerprint density at radius 2 is 1.79 bits per heavy atom. The fourth-order valence-corrected chi connectivity index (χ4v) is 3.26. The number of aromatic nitrogens is 1. The highest BCUT2D eigenvalue weighted by Gasteiger charge is 2.02. The van der Waals surface area contributed by atoms with Gasteiger partial charge >= 0.3 is 0 Å². The van der Waals surface area contributed by atoms with Crippen LogP contribution in [0.2, 0.25) is 5.02 Å². The highest BCUT2D eigenvalue weighted by Crippen LogP contribution is 2.25. The minimum absolute atomic E-state index is 0.697. The number of allylic oxidation sites excluding steroid dienone is 1. The average molecular weight is 381 g/mol. The van der Waals surface area contributed by atoms with Gasteiger partial charge in [0.15, 0.2) is 0 Å². The van der Waals surface area contributed by atoms with Crippen molar-refractivity contribution < 1.29 is 0 Å². The lowest BCUT2D eigenvalue weighted by Crippen LogP contribution is -1.84. The smallest absolute Gasteiger partial charge is 0.0724 e. The monoisotopic (exact) mass is 380 g/mol. The topological polar surface area (TPSA) is 12.9 Å². The molecule has 0 saturated carbocycles. The van der Waals surface area contributed by atoms with E-state index in [1.165, 1.54) is 0 Å². The first-order chi connectivity index (χ1) is 13.6. The molecule has 1 heterocycles. The summed E-state index contributed by atoms with van der Waals surface area (Å²) in [4.78, 5) is 4.68. The van der Waals surface area contributed by atoms with Gasteiger partial charge in [-0.1, -0.05) is 72.3 Å². The molecule has 0 aliphatic carbocycles. The van der Waals surface area contributed by atoms with Crippen LogP contribution in [0.5, 0.6) is 0 Å². The number of benzene rings is 3. The summed E-state index contributed by atoms with van der Waals surface area (Å²) in [6.07, 6.45) is 4.11. The van der Waals surface area contributed by atoms with E-state index in [1.54, 1.807) is 0 Å². The molecule has 2 heteroatoms. The second-order valence-electron chi connectivity index (χ2n) is 6.80. The second-order valence-corrected chi connectivity index (χ2v) is 7.24. The summed E-state index contributed by atoms with van der Waals surface area (Å²) in [5, 5.41) is 1.78. The fourth-order valence-electron chi connectivity index (χ4n) is 3.09. The molecule has 0 aliphatic heterocycles. The number of pyridine rings is 1. The molecule has 1 aromatic heterocycles. The Kier molecular flexibility index (Phi) is 5.10. The van der Waals surface area contributed by atoms with Crippen LogP contribution in [0.1, 0.15) is 23.7 Å². The number of nitrogens with zero attached hydrogens (tertiary/aromatic N) is 1. The van der Waals surface area contributed by atoms with Crippen molar-refractivity contribution in [1.29, 1.82) is 0 Å². The zero-order valence-electron chi connectivity index (χ0n) is 15.6. The maximum atomic E-state index is 6.08. The van der Waals surface area contributed by atoms with Crippen LogP contribution >= 0.6 is 11.6 Å². The third-order valence-corrected chi connectivity index (χ3v) is 4.84. The number of fused-ring (bicyclic) bond motifs is 1. The molecule has 1 nitrogen and oxygen atoms in total. The largest absolute Gasteiger partial charge is 0.248 e. The van der Waals surface area contributed by atoms with Gasteiger partial charge in [-0.05, 0) is 71.7 Å².